The zero-order valence-corrected chi connectivity index (χ0v) is 12.4. The lowest BCUT2D eigenvalue weighted by atomic mass is 10.2. The summed E-state index contributed by atoms with van der Waals surface area (Å²) >= 11 is 4.33. The van der Waals surface area contributed by atoms with Crippen molar-refractivity contribution >= 4 is 43.3 Å². The molecule has 0 aliphatic carbocycles. The summed E-state index contributed by atoms with van der Waals surface area (Å²) in [5, 5.41) is 11.7. The normalized spacial score (nSPS) is 21.9. The minimum atomic E-state index is -3.59. The Hall–Kier alpha value is -0.480. The number of nitrogens with one attached hydrogen (secondary N) is 1. The Kier molecular flexibility index (Phi) is 4.07. The monoisotopic (exact) mass is 354 g/mol. The molecule has 1 aliphatic heterocycles. The van der Waals surface area contributed by atoms with E-state index in [9.17, 15) is 13.2 Å². The lowest BCUT2D eigenvalue weighted by Crippen LogP contribution is -2.55. The van der Waals surface area contributed by atoms with Gasteiger partial charge in [-0.2, -0.15) is 4.31 Å². The van der Waals surface area contributed by atoms with E-state index in [1.807, 2.05) is 0 Å². The number of rotatable bonds is 3. The van der Waals surface area contributed by atoms with Crippen LogP contribution in [0.4, 0.5) is 0 Å². The molecule has 0 bridgehead atoms. The van der Waals surface area contributed by atoms with Gasteiger partial charge in [0.1, 0.15) is 10.3 Å². The molecule has 0 spiro atoms. The van der Waals surface area contributed by atoms with Gasteiger partial charge in [-0.1, -0.05) is 0 Å². The van der Waals surface area contributed by atoms with Crippen molar-refractivity contribution in [1.29, 1.82) is 0 Å². The van der Waals surface area contributed by atoms with Gasteiger partial charge in [0.05, 0.1) is 3.79 Å². The SMILES string of the molecule is O=C(O)C1CN(S(=O)(=O)c2ccc(Br)s2)CCN1. The quantitative estimate of drug-likeness (QED) is 0.827. The predicted molar refractivity (Wildman–Crippen MR) is 70.2 cm³/mol. The molecule has 1 atom stereocenters. The van der Waals surface area contributed by atoms with Crippen LogP contribution >= 0.6 is 27.3 Å². The third-order valence-corrected chi connectivity index (χ3v) is 6.54. The molecule has 1 unspecified atom stereocenters. The molecule has 0 saturated carbocycles. The maximum absolute atomic E-state index is 12.3. The first kappa shape index (κ1) is 13.9. The number of hydrogen-bond acceptors (Lipinski definition) is 5. The number of halogens is 1. The van der Waals surface area contributed by atoms with Crippen molar-refractivity contribution in [2.24, 2.45) is 0 Å². The highest BCUT2D eigenvalue weighted by atomic mass is 79.9. The van der Waals surface area contributed by atoms with E-state index in [0.29, 0.717) is 6.54 Å². The van der Waals surface area contributed by atoms with Crippen molar-refractivity contribution in [2.75, 3.05) is 19.6 Å². The highest BCUT2D eigenvalue weighted by Gasteiger charge is 2.33. The molecule has 1 aromatic rings. The van der Waals surface area contributed by atoms with Gasteiger partial charge in [-0.15, -0.1) is 11.3 Å². The molecule has 2 N–H and O–H groups in total. The maximum Gasteiger partial charge on any atom is 0.322 e. The van der Waals surface area contributed by atoms with Crippen LogP contribution in [0.3, 0.4) is 0 Å². The predicted octanol–water partition coefficient (Wildman–Crippen LogP) is 0.558. The number of carboxylic acid groups (broad SMARTS) is 1. The van der Waals surface area contributed by atoms with Crippen LogP contribution in [0.15, 0.2) is 20.1 Å². The summed E-state index contributed by atoms with van der Waals surface area (Å²) in [6.45, 7) is 0.567. The summed E-state index contributed by atoms with van der Waals surface area (Å²) < 4.78 is 26.7. The molecule has 6 nitrogen and oxygen atoms in total. The summed E-state index contributed by atoms with van der Waals surface area (Å²) in [4.78, 5) is 10.9. The summed E-state index contributed by atoms with van der Waals surface area (Å²) in [7, 11) is -3.59. The Bertz CT molecular complexity index is 557. The number of aliphatic carboxylic acids is 1. The lowest BCUT2D eigenvalue weighted by molar-refractivity contribution is -0.140. The van der Waals surface area contributed by atoms with Gasteiger partial charge in [0.25, 0.3) is 10.0 Å². The Balaban J connectivity index is 2.22. The molecule has 18 heavy (non-hydrogen) atoms. The summed E-state index contributed by atoms with van der Waals surface area (Å²) in [6.07, 6.45) is 0. The number of hydrogen-bond donors (Lipinski definition) is 2. The van der Waals surface area contributed by atoms with Gasteiger partial charge >= 0.3 is 5.97 Å². The molecule has 2 heterocycles. The highest BCUT2D eigenvalue weighted by Crippen LogP contribution is 2.28. The Morgan fingerprint density at radius 2 is 2.28 bits per heavy atom. The first-order chi connectivity index (χ1) is 8.41. The fourth-order valence-corrected chi connectivity index (χ4v) is 5.29. The molecule has 1 aromatic heterocycles. The van der Waals surface area contributed by atoms with Crippen LogP contribution in [0.1, 0.15) is 0 Å². The van der Waals surface area contributed by atoms with E-state index < -0.39 is 22.0 Å². The van der Waals surface area contributed by atoms with Crippen LogP contribution in [0.2, 0.25) is 0 Å². The standard InChI is InChI=1S/C9H11BrN2O4S2/c10-7-1-2-8(17-7)18(15,16)12-4-3-11-6(5-12)9(13)14/h1-2,6,11H,3-5H2,(H,13,14). The van der Waals surface area contributed by atoms with Crippen LogP contribution in [0.25, 0.3) is 0 Å². The second kappa shape index (κ2) is 5.25. The fourth-order valence-electron chi connectivity index (χ4n) is 1.67. The van der Waals surface area contributed by atoms with E-state index in [4.69, 9.17) is 5.11 Å². The van der Waals surface area contributed by atoms with Crippen LogP contribution in [-0.2, 0) is 14.8 Å². The molecule has 1 fully saturated rings. The average Bonchev–Trinajstić information content (AvgIpc) is 2.77. The number of piperazine rings is 1. The molecular weight excluding hydrogens is 344 g/mol. The minimum absolute atomic E-state index is 0.0484. The van der Waals surface area contributed by atoms with Crippen molar-refractivity contribution in [1.82, 2.24) is 9.62 Å². The van der Waals surface area contributed by atoms with Gasteiger partial charge in [0.15, 0.2) is 0 Å². The molecule has 0 amide bonds. The van der Waals surface area contributed by atoms with Gasteiger partial charge < -0.3 is 10.4 Å². The summed E-state index contributed by atoms with van der Waals surface area (Å²) in [5.74, 6) is -1.04. The molecule has 100 valence electrons. The van der Waals surface area contributed by atoms with Gasteiger partial charge in [-0.3, -0.25) is 4.79 Å². The smallest absolute Gasteiger partial charge is 0.322 e. The third-order valence-electron chi connectivity index (χ3n) is 2.58. The average molecular weight is 355 g/mol. The number of nitrogens with zero attached hydrogens (tertiary/aromatic N) is 1. The fraction of sp³-hybridized carbons (Fsp3) is 0.444. The van der Waals surface area contributed by atoms with E-state index in [1.54, 1.807) is 6.07 Å². The van der Waals surface area contributed by atoms with Gasteiger partial charge in [0.2, 0.25) is 0 Å². The Labute approximate surface area is 117 Å². The second-order valence-corrected chi connectivity index (χ2v) is 8.39. The Morgan fingerprint density at radius 1 is 1.56 bits per heavy atom. The van der Waals surface area contributed by atoms with Crippen LogP contribution in [-0.4, -0.2) is 49.5 Å². The largest absolute Gasteiger partial charge is 0.480 e. The highest BCUT2D eigenvalue weighted by molar-refractivity contribution is 9.11. The van der Waals surface area contributed by atoms with Crippen LogP contribution < -0.4 is 5.32 Å². The Morgan fingerprint density at radius 3 is 2.83 bits per heavy atom. The maximum atomic E-state index is 12.3. The molecule has 1 aliphatic rings. The van der Waals surface area contributed by atoms with Gasteiger partial charge in [-0.05, 0) is 28.1 Å². The van der Waals surface area contributed by atoms with E-state index in [-0.39, 0.29) is 17.3 Å². The van der Waals surface area contributed by atoms with Crippen molar-refractivity contribution in [3.05, 3.63) is 15.9 Å². The van der Waals surface area contributed by atoms with Crippen LogP contribution in [0.5, 0.6) is 0 Å². The number of sulfonamides is 1. The van der Waals surface area contributed by atoms with Crippen molar-refractivity contribution in [2.45, 2.75) is 10.3 Å². The first-order valence-corrected chi connectivity index (χ1v) is 8.18. The topological polar surface area (TPSA) is 86.7 Å². The van der Waals surface area contributed by atoms with Gasteiger partial charge in [-0.25, -0.2) is 8.42 Å². The summed E-state index contributed by atoms with van der Waals surface area (Å²) in [6, 6.07) is 2.33. The van der Waals surface area contributed by atoms with Crippen molar-refractivity contribution in [3.8, 4) is 0 Å². The van der Waals surface area contributed by atoms with Crippen molar-refractivity contribution < 1.29 is 18.3 Å². The number of carboxylic acids is 1. The van der Waals surface area contributed by atoms with Gasteiger partial charge in [0, 0.05) is 19.6 Å². The number of thiophene rings is 1. The van der Waals surface area contributed by atoms with Crippen LogP contribution in [0, 0.1) is 0 Å². The van der Waals surface area contributed by atoms with E-state index in [2.05, 4.69) is 21.2 Å². The van der Waals surface area contributed by atoms with E-state index >= 15 is 0 Å². The minimum Gasteiger partial charge on any atom is -0.480 e. The molecule has 9 heteroatoms. The first-order valence-electron chi connectivity index (χ1n) is 5.13. The summed E-state index contributed by atoms with van der Waals surface area (Å²) in [5.41, 5.74) is 0. The molecular formula is C9H11BrN2O4S2. The zero-order valence-electron chi connectivity index (χ0n) is 9.17. The third kappa shape index (κ3) is 2.75. The molecule has 0 radical (unpaired) electrons. The zero-order chi connectivity index (χ0) is 13.3. The number of carbonyl (C=O) groups is 1. The molecule has 0 aromatic carbocycles. The van der Waals surface area contributed by atoms with Crippen molar-refractivity contribution in [3.63, 3.8) is 0 Å². The second-order valence-electron chi connectivity index (χ2n) is 3.77. The van der Waals surface area contributed by atoms with E-state index in [1.165, 1.54) is 10.4 Å². The molecule has 1 saturated heterocycles. The molecule has 2 rings (SSSR count). The van der Waals surface area contributed by atoms with E-state index in [0.717, 1.165) is 15.1 Å². The lowest BCUT2D eigenvalue weighted by Gasteiger charge is -2.30.